The summed E-state index contributed by atoms with van der Waals surface area (Å²) >= 11 is 0.979. The van der Waals surface area contributed by atoms with Gasteiger partial charge in [-0.25, -0.2) is 0 Å². The molecule has 4 aromatic rings. The number of thiazole rings is 1. The molecule has 1 aromatic heterocycles. The first kappa shape index (κ1) is 24.3. The molecule has 1 heterocycles. The first-order valence-electron chi connectivity index (χ1n) is 10.9. The molecule has 0 bridgehead atoms. The van der Waals surface area contributed by atoms with Crippen molar-refractivity contribution in [2.24, 2.45) is 0 Å². The van der Waals surface area contributed by atoms with Crippen molar-refractivity contribution in [2.75, 3.05) is 0 Å². The lowest BCUT2D eigenvalue weighted by Crippen LogP contribution is -2.34. The third-order valence-electron chi connectivity index (χ3n) is 5.42. The summed E-state index contributed by atoms with van der Waals surface area (Å²) in [6.45, 7) is 1.81. The second-order valence-electron chi connectivity index (χ2n) is 7.84. The summed E-state index contributed by atoms with van der Waals surface area (Å²) in [5.41, 5.74) is 1.06. The molecule has 8 nitrogen and oxygen atoms in total. The smallest absolute Gasteiger partial charge is 0.273 e. The standard InChI is InChI=1S/C27H20N4O4S/c1-18(20-10-4-2-5-11-20)29-25(32)23(17-28)27-30(21-12-6-3-7-13-21)26(33)24(36-27)16-19-9-8-14-22(15-19)31(34)35/h2-16,18H,1H3,(H,29,32)/b24-16+,27-23+/t18-/m1/s1. The molecule has 0 aliphatic heterocycles. The molecule has 0 saturated heterocycles. The molecule has 1 N–H and O–H groups in total. The van der Waals surface area contributed by atoms with E-state index in [0.29, 0.717) is 11.3 Å². The van der Waals surface area contributed by atoms with Gasteiger partial charge in [-0.05, 0) is 36.3 Å². The topological polar surface area (TPSA) is 118 Å². The molecular formula is C27H20N4O4S. The van der Waals surface area contributed by atoms with Crippen LogP contribution in [0, 0.1) is 21.4 Å². The maximum atomic E-state index is 13.5. The van der Waals surface area contributed by atoms with Crippen LogP contribution in [0.1, 0.15) is 24.1 Å². The van der Waals surface area contributed by atoms with E-state index in [9.17, 15) is 25.0 Å². The molecule has 3 aromatic carbocycles. The zero-order chi connectivity index (χ0) is 25.7. The zero-order valence-electron chi connectivity index (χ0n) is 19.1. The Bertz CT molecular complexity index is 1650. The first-order valence-corrected chi connectivity index (χ1v) is 11.7. The van der Waals surface area contributed by atoms with Gasteiger partial charge in [-0.1, -0.05) is 60.7 Å². The van der Waals surface area contributed by atoms with Crippen molar-refractivity contribution in [1.82, 2.24) is 9.88 Å². The van der Waals surface area contributed by atoms with Crippen LogP contribution in [0.25, 0.3) is 17.3 Å². The van der Waals surface area contributed by atoms with Crippen molar-refractivity contribution in [3.63, 3.8) is 0 Å². The van der Waals surface area contributed by atoms with Crippen LogP contribution in [0.2, 0.25) is 0 Å². The van der Waals surface area contributed by atoms with Crippen molar-refractivity contribution in [3.8, 4) is 11.8 Å². The highest BCUT2D eigenvalue weighted by Crippen LogP contribution is 2.14. The molecule has 0 aliphatic carbocycles. The molecule has 4 rings (SSSR count). The lowest BCUT2D eigenvalue weighted by molar-refractivity contribution is -0.384. The molecule has 36 heavy (non-hydrogen) atoms. The lowest BCUT2D eigenvalue weighted by Gasteiger charge is -2.13. The Morgan fingerprint density at radius 1 is 1.08 bits per heavy atom. The van der Waals surface area contributed by atoms with Crippen molar-refractivity contribution in [3.05, 3.63) is 126 Å². The molecule has 178 valence electrons. The number of hydrogen-bond donors (Lipinski definition) is 1. The minimum atomic E-state index is -0.610. The maximum Gasteiger partial charge on any atom is 0.273 e. The molecule has 0 radical (unpaired) electrons. The summed E-state index contributed by atoms with van der Waals surface area (Å²) in [5.74, 6) is -0.610. The number of para-hydroxylation sites is 1. The highest BCUT2D eigenvalue weighted by Gasteiger charge is 2.19. The van der Waals surface area contributed by atoms with Crippen LogP contribution >= 0.6 is 11.3 Å². The number of nitrogens with zero attached hydrogens (tertiary/aromatic N) is 3. The van der Waals surface area contributed by atoms with E-state index in [-0.39, 0.29) is 26.5 Å². The largest absolute Gasteiger partial charge is 0.345 e. The van der Waals surface area contributed by atoms with Gasteiger partial charge in [0.1, 0.15) is 10.7 Å². The van der Waals surface area contributed by atoms with Gasteiger partial charge >= 0.3 is 0 Å². The van der Waals surface area contributed by atoms with E-state index in [1.165, 1.54) is 28.8 Å². The van der Waals surface area contributed by atoms with Crippen LogP contribution in [0.5, 0.6) is 0 Å². The molecule has 9 heteroatoms. The quantitative estimate of drug-likeness (QED) is 0.325. The summed E-state index contributed by atoms with van der Waals surface area (Å²) in [4.78, 5) is 37.3. The molecule has 0 spiro atoms. The van der Waals surface area contributed by atoms with Crippen LogP contribution in [0.3, 0.4) is 0 Å². The Labute approximate surface area is 209 Å². The fourth-order valence-corrected chi connectivity index (χ4v) is 4.73. The van der Waals surface area contributed by atoms with Crippen molar-refractivity contribution in [1.29, 1.82) is 5.26 Å². The van der Waals surface area contributed by atoms with E-state index in [1.807, 2.05) is 43.3 Å². The van der Waals surface area contributed by atoms with Crippen LogP contribution in [-0.4, -0.2) is 15.4 Å². The number of carbonyl (C=O) groups is 1. The predicted molar refractivity (Wildman–Crippen MR) is 138 cm³/mol. The number of amides is 1. The molecule has 1 atom stereocenters. The van der Waals surface area contributed by atoms with Crippen molar-refractivity contribution < 1.29 is 9.72 Å². The van der Waals surface area contributed by atoms with Gasteiger partial charge in [-0.2, -0.15) is 5.26 Å². The molecule has 0 fully saturated rings. The molecular weight excluding hydrogens is 476 g/mol. The molecule has 0 unspecified atom stereocenters. The fourth-order valence-electron chi connectivity index (χ4n) is 3.63. The van der Waals surface area contributed by atoms with Crippen molar-refractivity contribution >= 4 is 34.6 Å². The van der Waals surface area contributed by atoms with Gasteiger partial charge in [0.25, 0.3) is 17.2 Å². The van der Waals surface area contributed by atoms with E-state index in [1.54, 1.807) is 36.4 Å². The zero-order valence-corrected chi connectivity index (χ0v) is 19.9. The van der Waals surface area contributed by atoms with Gasteiger partial charge in [0, 0.05) is 12.1 Å². The Balaban J connectivity index is 1.90. The number of nitro benzene ring substituents is 1. The molecule has 0 saturated carbocycles. The number of aromatic nitrogens is 1. The second-order valence-corrected chi connectivity index (χ2v) is 8.87. The predicted octanol–water partition coefficient (Wildman–Crippen LogP) is 3.19. The van der Waals surface area contributed by atoms with Gasteiger partial charge in [0.2, 0.25) is 0 Å². The number of non-ortho nitro benzene ring substituents is 1. The Morgan fingerprint density at radius 3 is 2.39 bits per heavy atom. The second kappa shape index (κ2) is 10.6. The SMILES string of the molecule is C[C@@H](NC(=O)/C(C#N)=c1/s/c(=C/c2cccc([N+](=O)[O-])c2)c(=O)n1-c1ccccc1)c1ccccc1. The van der Waals surface area contributed by atoms with Crippen LogP contribution in [-0.2, 0) is 4.79 Å². The van der Waals surface area contributed by atoms with E-state index >= 15 is 0 Å². The van der Waals surface area contributed by atoms with Gasteiger partial charge in [0.15, 0.2) is 5.57 Å². The number of carbonyl (C=O) groups excluding carboxylic acids is 1. The van der Waals surface area contributed by atoms with E-state index < -0.39 is 16.4 Å². The van der Waals surface area contributed by atoms with E-state index in [2.05, 4.69) is 5.32 Å². The maximum absolute atomic E-state index is 13.5. The summed E-state index contributed by atoms with van der Waals surface area (Å²) in [6, 6.07) is 25.5. The fraction of sp³-hybridized carbons (Fsp3) is 0.0741. The van der Waals surface area contributed by atoms with E-state index in [4.69, 9.17) is 0 Å². The van der Waals surface area contributed by atoms with Crippen LogP contribution < -0.4 is 20.1 Å². The number of nitrogens with one attached hydrogen (secondary N) is 1. The number of nitro groups is 1. The van der Waals surface area contributed by atoms with E-state index in [0.717, 1.165) is 16.9 Å². The average Bonchev–Trinajstić information content (AvgIpc) is 3.20. The Kier molecular flexibility index (Phi) is 7.18. The minimum Gasteiger partial charge on any atom is -0.345 e. The average molecular weight is 497 g/mol. The van der Waals surface area contributed by atoms with Crippen LogP contribution in [0.15, 0.2) is 89.7 Å². The lowest BCUT2D eigenvalue weighted by atomic mass is 10.1. The highest BCUT2D eigenvalue weighted by molar-refractivity contribution is 7.07. The van der Waals surface area contributed by atoms with Gasteiger partial charge in [0.05, 0.1) is 21.2 Å². The monoisotopic (exact) mass is 496 g/mol. The number of rotatable bonds is 6. The summed E-state index contributed by atoms with van der Waals surface area (Å²) in [5, 5.41) is 23.9. The minimum absolute atomic E-state index is 0.109. The third kappa shape index (κ3) is 5.14. The van der Waals surface area contributed by atoms with Gasteiger partial charge < -0.3 is 5.32 Å². The first-order chi connectivity index (χ1) is 17.4. The Morgan fingerprint density at radius 2 is 1.75 bits per heavy atom. The third-order valence-corrected chi connectivity index (χ3v) is 6.51. The van der Waals surface area contributed by atoms with Crippen LogP contribution in [0.4, 0.5) is 5.69 Å². The molecule has 0 aliphatic rings. The number of nitriles is 1. The summed E-state index contributed by atoms with van der Waals surface area (Å²) < 4.78 is 1.72. The van der Waals surface area contributed by atoms with Crippen molar-refractivity contribution in [2.45, 2.75) is 13.0 Å². The summed E-state index contributed by atoms with van der Waals surface area (Å²) in [6.07, 6.45) is 1.52. The number of hydrogen-bond acceptors (Lipinski definition) is 6. The normalized spacial score (nSPS) is 12.9. The Hall–Kier alpha value is -4.81. The molecule has 1 amide bonds. The number of benzene rings is 3. The highest BCUT2D eigenvalue weighted by atomic mass is 32.1. The summed E-state index contributed by atoms with van der Waals surface area (Å²) in [7, 11) is 0. The van der Waals surface area contributed by atoms with Gasteiger partial charge in [-0.15, -0.1) is 11.3 Å². The van der Waals surface area contributed by atoms with Gasteiger partial charge in [-0.3, -0.25) is 24.3 Å².